The van der Waals surface area contributed by atoms with Crippen molar-refractivity contribution in [2.45, 2.75) is 37.4 Å². The van der Waals surface area contributed by atoms with E-state index in [2.05, 4.69) is 0 Å². The number of hydrogen-bond donors (Lipinski definition) is 0. The van der Waals surface area contributed by atoms with Gasteiger partial charge in [-0.15, -0.1) is 0 Å². The molecule has 0 atom stereocenters. The standard InChI is InChI=1S/C9H15NO3S/c1-8(11)9(4-5-9)14(12,13)10-6-2-3-7-10/h2-7H2,1H3. The lowest BCUT2D eigenvalue weighted by Crippen LogP contribution is -2.42. The van der Waals surface area contributed by atoms with Crippen LogP contribution in [0.25, 0.3) is 0 Å². The minimum atomic E-state index is -3.34. The third-order valence-corrected chi connectivity index (χ3v) is 5.97. The molecule has 1 saturated carbocycles. The van der Waals surface area contributed by atoms with Gasteiger partial charge in [-0.25, -0.2) is 12.7 Å². The first-order chi connectivity index (χ1) is 6.51. The van der Waals surface area contributed by atoms with Gasteiger partial charge in [-0.05, 0) is 32.6 Å². The van der Waals surface area contributed by atoms with Gasteiger partial charge in [0.2, 0.25) is 10.0 Å². The Kier molecular flexibility index (Phi) is 2.19. The third-order valence-electron chi connectivity index (χ3n) is 3.24. The molecule has 0 bridgehead atoms. The molecule has 2 aliphatic rings. The Bertz CT molecular complexity index is 350. The van der Waals surface area contributed by atoms with Crippen molar-refractivity contribution in [2.75, 3.05) is 13.1 Å². The number of Topliss-reactive ketones (excluding diaryl/α,β-unsaturated/α-hetero) is 1. The zero-order valence-electron chi connectivity index (χ0n) is 8.32. The molecule has 0 aromatic heterocycles. The summed E-state index contributed by atoms with van der Waals surface area (Å²) in [6.07, 6.45) is 2.88. The van der Waals surface area contributed by atoms with Crippen LogP contribution in [0.2, 0.25) is 0 Å². The van der Waals surface area contributed by atoms with E-state index in [0.29, 0.717) is 25.9 Å². The van der Waals surface area contributed by atoms with Gasteiger partial charge in [-0.3, -0.25) is 4.79 Å². The maximum Gasteiger partial charge on any atom is 0.227 e. The number of carbonyl (C=O) groups excluding carboxylic acids is 1. The van der Waals surface area contributed by atoms with Crippen molar-refractivity contribution in [1.82, 2.24) is 4.31 Å². The molecule has 1 aliphatic heterocycles. The highest BCUT2D eigenvalue weighted by Crippen LogP contribution is 2.46. The second-order valence-electron chi connectivity index (χ2n) is 4.16. The largest absolute Gasteiger partial charge is 0.298 e. The van der Waals surface area contributed by atoms with Crippen molar-refractivity contribution in [1.29, 1.82) is 0 Å². The van der Waals surface area contributed by atoms with Gasteiger partial charge in [0.1, 0.15) is 4.75 Å². The van der Waals surface area contributed by atoms with Gasteiger partial charge in [-0.2, -0.15) is 0 Å². The van der Waals surface area contributed by atoms with Crippen molar-refractivity contribution in [3.63, 3.8) is 0 Å². The third kappa shape index (κ3) is 1.22. The second kappa shape index (κ2) is 3.03. The van der Waals surface area contributed by atoms with Gasteiger partial charge < -0.3 is 0 Å². The van der Waals surface area contributed by atoms with Crippen LogP contribution in [0.4, 0.5) is 0 Å². The fraction of sp³-hybridized carbons (Fsp3) is 0.889. The Hall–Kier alpha value is -0.420. The van der Waals surface area contributed by atoms with Crippen LogP contribution in [0.15, 0.2) is 0 Å². The molecule has 0 amide bonds. The molecule has 2 fully saturated rings. The van der Waals surface area contributed by atoms with E-state index in [1.165, 1.54) is 11.2 Å². The van der Waals surface area contributed by atoms with E-state index in [1.54, 1.807) is 0 Å². The lowest BCUT2D eigenvalue weighted by atomic mass is 10.3. The predicted octanol–water partition coefficient (Wildman–Crippen LogP) is 0.534. The number of ketones is 1. The number of carbonyl (C=O) groups is 1. The van der Waals surface area contributed by atoms with Crippen LogP contribution in [0, 0.1) is 0 Å². The summed E-state index contributed by atoms with van der Waals surface area (Å²) >= 11 is 0. The van der Waals surface area contributed by atoms with E-state index in [-0.39, 0.29) is 5.78 Å². The Labute approximate surface area is 84.3 Å². The molecule has 4 nitrogen and oxygen atoms in total. The van der Waals surface area contributed by atoms with E-state index in [4.69, 9.17) is 0 Å². The minimum absolute atomic E-state index is 0.190. The predicted molar refractivity (Wildman–Crippen MR) is 52.4 cm³/mol. The summed E-state index contributed by atoms with van der Waals surface area (Å²) in [6, 6.07) is 0. The summed E-state index contributed by atoms with van der Waals surface area (Å²) in [5.41, 5.74) is 0. The van der Waals surface area contributed by atoms with Gasteiger partial charge >= 0.3 is 0 Å². The van der Waals surface area contributed by atoms with Crippen molar-refractivity contribution < 1.29 is 13.2 Å². The highest BCUT2D eigenvalue weighted by Gasteiger charge is 2.60. The fourth-order valence-electron chi connectivity index (χ4n) is 2.08. The maximum atomic E-state index is 12.1. The Morgan fingerprint density at radius 1 is 1.21 bits per heavy atom. The summed E-state index contributed by atoms with van der Waals surface area (Å²) < 4.78 is 24.6. The Morgan fingerprint density at radius 3 is 2.07 bits per heavy atom. The molecule has 0 N–H and O–H groups in total. The normalized spacial score (nSPS) is 26.4. The van der Waals surface area contributed by atoms with E-state index in [1.807, 2.05) is 0 Å². The maximum absolute atomic E-state index is 12.1. The highest BCUT2D eigenvalue weighted by molar-refractivity contribution is 7.91. The smallest absolute Gasteiger partial charge is 0.227 e. The number of hydrogen-bond acceptors (Lipinski definition) is 3. The molecular weight excluding hydrogens is 202 g/mol. The number of sulfonamides is 1. The number of rotatable bonds is 3. The van der Waals surface area contributed by atoms with Gasteiger partial charge in [0.05, 0.1) is 0 Å². The summed E-state index contributed by atoms with van der Waals surface area (Å²) in [7, 11) is -3.34. The molecule has 1 saturated heterocycles. The first-order valence-electron chi connectivity index (χ1n) is 5.01. The van der Waals surface area contributed by atoms with E-state index >= 15 is 0 Å². The molecule has 80 valence electrons. The van der Waals surface area contributed by atoms with Crippen molar-refractivity contribution in [2.24, 2.45) is 0 Å². The summed E-state index contributed by atoms with van der Waals surface area (Å²) in [5, 5.41) is 0. The van der Waals surface area contributed by atoms with Crippen molar-refractivity contribution in [3.05, 3.63) is 0 Å². The number of nitrogens with zero attached hydrogens (tertiary/aromatic N) is 1. The molecule has 1 heterocycles. The van der Waals surface area contributed by atoms with E-state index < -0.39 is 14.8 Å². The van der Waals surface area contributed by atoms with Crippen LogP contribution >= 0.6 is 0 Å². The molecule has 14 heavy (non-hydrogen) atoms. The first kappa shape index (κ1) is 10.1. The molecule has 0 aromatic rings. The minimum Gasteiger partial charge on any atom is -0.298 e. The molecule has 0 radical (unpaired) electrons. The Balaban J connectivity index is 2.28. The van der Waals surface area contributed by atoms with Crippen LogP contribution in [0.3, 0.4) is 0 Å². The van der Waals surface area contributed by atoms with Crippen LogP contribution in [0.5, 0.6) is 0 Å². The molecule has 0 spiro atoms. The second-order valence-corrected chi connectivity index (χ2v) is 6.41. The molecule has 0 unspecified atom stereocenters. The Morgan fingerprint density at radius 2 is 1.71 bits per heavy atom. The van der Waals surface area contributed by atoms with Crippen LogP contribution < -0.4 is 0 Å². The highest BCUT2D eigenvalue weighted by atomic mass is 32.2. The van der Waals surface area contributed by atoms with E-state index in [9.17, 15) is 13.2 Å². The molecule has 5 heteroatoms. The van der Waals surface area contributed by atoms with Crippen molar-refractivity contribution >= 4 is 15.8 Å². The molecular formula is C9H15NO3S. The summed E-state index contributed by atoms with van der Waals surface area (Å²) in [5.74, 6) is -0.190. The SMILES string of the molecule is CC(=O)C1(S(=O)(=O)N2CCCC2)CC1. The summed E-state index contributed by atoms with van der Waals surface area (Å²) in [4.78, 5) is 11.3. The summed E-state index contributed by atoms with van der Waals surface area (Å²) in [6.45, 7) is 2.58. The van der Waals surface area contributed by atoms with Crippen LogP contribution in [0.1, 0.15) is 32.6 Å². The van der Waals surface area contributed by atoms with Crippen molar-refractivity contribution in [3.8, 4) is 0 Å². The zero-order valence-corrected chi connectivity index (χ0v) is 9.14. The zero-order chi connectivity index (χ0) is 10.4. The average molecular weight is 217 g/mol. The lowest BCUT2D eigenvalue weighted by molar-refractivity contribution is -0.117. The molecule has 1 aliphatic carbocycles. The monoisotopic (exact) mass is 217 g/mol. The van der Waals surface area contributed by atoms with Crippen LogP contribution in [-0.4, -0.2) is 36.3 Å². The van der Waals surface area contributed by atoms with E-state index in [0.717, 1.165) is 12.8 Å². The molecule has 0 aromatic carbocycles. The van der Waals surface area contributed by atoms with Gasteiger partial charge in [0.15, 0.2) is 5.78 Å². The van der Waals surface area contributed by atoms with Gasteiger partial charge in [0, 0.05) is 13.1 Å². The first-order valence-corrected chi connectivity index (χ1v) is 6.45. The van der Waals surface area contributed by atoms with Crippen LogP contribution in [-0.2, 0) is 14.8 Å². The van der Waals surface area contributed by atoms with Gasteiger partial charge in [-0.1, -0.05) is 0 Å². The average Bonchev–Trinajstić information content (AvgIpc) is 2.75. The fourth-order valence-corrected chi connectivity index (χ4v) is 4.30. The lowest BCUT2D eigenvalue weighted by Gasteiger charge is -2.21. The quantitative estimate of drug-likeness (QED) is 0.693. The molecule has 2 rings (SSSR count). The van der Waals surface area contributed by atoms with Gasteiger partial charge in [0.25, 0.3) is 0 Å². The topological polar surface area (TPSA) is 54.5 Å².